The Balaban J connectivity index is 1.57. The summed E-state index contributed by atoms with van der Waals surface area (Å²) in [5.74, 6) is 1.62. The maximum atomic E-state index is 9.34. The summed E-state index contributed by atoms with van der Waals surface area (Å²) in [6.07, 6.45) is 12.1. The topological polar surface area (TPSA) is 35.5 Å². The zero-order chi connectivity index (χ0) is 14.7. The molecule has 0 aromatic carbocycles. The fourth-order valence-corrected chi connectivity index (χ4v) is 4.73. The van der Waals surface area contributed by atoms with Gasteiger partial charge in [-0.25, -0.2) is 0 Å². The molecule has 122 valence electrons. The van der Waals surface area contributed by atoms with Crippen molar-refractivity contribution in [1.29, 1.82) is 0 Å². The molecule has 3 rings (SSSR count). The van der Waals surface area contributed by atoms with E-state index in [1.807, 2.05) is 0 Å². The lowest BCUT2D eigenvalue weighted by atomic mass is 9.78. The molecule has 3 heteroatoms. The highest BCUT2D eigenvalue weighted by atomic mass is 16.3. The van der Waals surface area contributed by atoms with Crippen molar-refractivity contribution >= 4 is 0 Å². The Hall–Kier alpha value is -0.120. The predicted octanol–water partition coefficient (Wildman–Crippen LogP) is 2.78. The van der Waals surface area contributed by atoms with E-state index in [0.717, 1.165) is 24.4 Å². The molecule has 3 atom stereocenters. The first kappa shape index (κ1) is 15.8. The number of aliphatic hydroxyl groups excluding tert-OH is 1. The van der Waals surface area contributed by atoms with Gasteiger partial charge in [-0.2, -0.15) is 0 Å². The molecular formula is C18H34N2O. The zero-order valence-electron chi connectivity index (χ0n) is 13.8. The van der Waals surface area contributed by atoms with Gasteiger partial charge in [0.25, 0.3) is 0 Å². The summed E-state index contributed by atoms with van der Waals surface area (Å²) in [5.41, 5.74) is 0. The van der Waals surface area contributed by atoms with Crippen LogP contribution in [0.1, 0.15) is 64.7 Å². The van der Waals surface area contributed by atoms with Crippen LogP contribution in [0, 0.1) is 11.8 Å². The summed E-state index contributed by atoms with van der Waals surface area (Å²) in [5, 5.41) is 13.3. The van der Waals surface area contributed by atoms with E-state index in [2.05, 4.69) is 17.1 Å². The molecule has 0 aromatic rings. The number of nitrogens with one attached hydrogen (secondary N) is 1. The molecule has 0 radical (unpaired) electrons. The first-order valence-corrected chi connectivity index (χ1v) is 9.37. The average molecular weight is 294 g/mol. The van der Waals surface area contributed by atoms with Gasteiger partial charge in [0.1, 0.15) is 0 Å². The number of piperidine rings is 1. The van der Waals surface area contributed by atoms with E-state index >= 15 is 0 Å². The molecule has 3 unspecified atom stereocenters. The second-order valence-corrected chi connectivity index (χ2v) is 7.84. The summed E-state index contributed by atoms with van der Waals surface area (Å²) in [7, 11) is 0. The van der Waals surface area contributed by atoms with Gasteiger partial charge < -0.3 is 10.4 Å². The van der Waals surface area contributed by atoms with Crippen LogP contribution in [0.25, 0.3) is 0 Å². The Morgan fingerprint density at radius 2 is 1.81 bits per heavy atom. The van der Waals surface area contributed by atoms with Crippen LogP contribution >= 0.6 is 0 Å². The molecule has 2 N–H and O–H groups in total. The molecule has 3 fully saturated rings. The van der Waals surface area contributed by atoms with Gasteiger partial charge in [-0.3, -0.25) is 4.90 Å². The minimum absolute atomic E-state index is 0.354. The van der Waals surface area contributed by atoms with E-state index in [4.69, 9.17) is 0 Å². The van der Waals surface area contributed by atoms with Gasteiger partial charge in [-0.05, 0) is 57.3 Å². The Morgan fingerprint density at radius 3 is 2.43 bits per heavy atom. The third-order valence-electron chi connectivity index (χ3n) is 6.34. The van der Waals surface area contributed by atoms with Crippen LogP contribution in [0.15, 0.2) is 0 Å². The van der Waals surface area contributed by atoms with E-state index < -0.39 is 0 Å². The fraction of sp³-hybridized carbons (Fsp3) is 1.00. The van der Waals surface area contributed by atoms with E-state index in [9.17, 15) is 5.11 Å². The van der Waals surface area contributed by atoms with Crippen molar-refractivity contribution in [2.45, 2.75) is 82.8 Å². The standard InChI is InChI=1S/C18H34N2O/c1-14(16-5-4-6-16)20-12-15(9-10-21)11-18(13-20)19-17-7-2-3-8-17/h14-19,21H,2-13H2,1H3. The van der Waals surface area contributed by atoms with Crippen LogP contribution in [0.3, 0.4) is 0 Å². The van der Waals surface area contributed by atoms with Crippen molar-refractivity contribution in [1.82, 2.24) is 10.2 Å². The largest absolute Gasteiger partial charge is 0.396 e. The van der Waals surface area contributed by atoms with Gasteiger partial charge in [-0.15, -0.1) is 0 Å². The number of hydrogen-bond donors (Lipinski definition) is 2. The Morgan fingerprint density at radius 1 is 1.05 bits per heavy atom. The lowest BCUT2D eigenvalue weighted by Crippen LogP contribution is -2.55. The van der Waals surface area contributed by atoms with Crippen molar-refractivity contribution in [3.63, 3.8) is 0 Å². The second-order valence-electron chi connectivity index (χ2n) is 7.84. The van der Waals surface area contributed by atoms with Crippen molar-refractivity contribution in [3.05, 3.63) is 0 Å². The smallest absolute Gasteiger partial charge is 0.0434 e. The summed E-state index contributed by atoms with van der Waals surface area (Å²) < 4.78 is 0. The van der Waals surface area contributed by atoms with E-state index in [0.29, 0.717) is 18.6 Å². The summed E-state index contributed by atoms with van der Waals surface area (Å²) in [6.45, 7) is 5.24. The third-order valence-corrected chi connectivity index (χ3v) is 6.34. The highest BCUT2D eigenvalue weighted by Crippen LogP contribution is 2.34. The normalized spacial score (nSPS) is 34.0. The molecule has 1 heterocycles. The zero-order valence-corrected chi connectivity index (χ0v) is 13.8. The quantitative estimate of drug-likeness (QED) is 0.791. The molecule has 3 aliphatic rings. The number of nitrogens with zero attached hydrogens (tertiary/aromatic N) is 1. The van der Waals surface area contributed by atoms with Crippen molar-refractivity contribution in [2.24, 2.45) is 11.8 Å². The molecule has 1 saturated heterocycles. The lowest BCUT2D eigenvalue weighted by molar-refractivity contribution is 0.0427. The van der Waals surface area contributed by atoms with Crippen LogP contribution < -0.4 is 5.32 Å². The predicted molar refractivity (Wildman–Crippen MR) is 87.4 cm³/mol. The van der Waals surface area contributed by atoms with Gasteiger partial charge >= 0.3 is 0 Å². The molecule has 1 aliphatic heterocycles. The van der Waals surface area contributed by atoms with Gasteiger partial charge in [0.2, 0.25) is 0 Å². The molecule has 0 aromatic heterocycles. The van der Waals surface area contributed by atoms with Crippen molar-refractivity contribution in [3.8, 4) is 0 Å². The Kier molecular flexibility index (Phi) is 5.58. The Labute approximate surface area is 130 Å². The van der Waals surface area contributed by atoms with Crippen LogP contribution in [0.2, 0.25) is 0 Å². The van der Waals surface area contributed by atoms with Crippen molar-refractivity contribution in [2.75, 3.05) is 19.7 Å². The molecule has 0 spiro atoms. The van der Waals surface area contributed by atoms with Crippen molar-refractivity contribution < 1.29 is 5.11 Å². The minimum Gasteiger partial charge on any atom is -0.396 e. The summed E-state index contributed by atoms with van der Waals surface area (Å²) in [4.78, 5) is 2.74. The number of hydrogen-bond acceptors (Lipinski definition) is 3. The number of aliphatic hydroxyl groups is 1. The minimum atomic E-state index is 0.354. The molecule has 3 nitrogen and oxygen atoms in total. The third kappa shape index (κ3) is 4.00. The lowest BCUT2D eigenvalue weighted by Gasteiger charge is -2.46. The van der Waals surface area contributed by atoms with Gasteiger partial charge in [0.05, 0.1) is 0 Å². The summed E-state index contributed by atoms with van der Waals surface area (Å²) >= 11 is 0. The number of likely N-dealkylation sites (tertiary alicyclic amines) is 1. The van der Waals surface area contributed by atoms with Crippen LogP contribution in [0.5, 0.6) is 0 Å². The maximum Gasteiger partial charge on any atom is 0.0434 e. The highest BCUT2D eigenvalue weighted by Gasteiger charge is 2.35. The molecule has 2 aliphatic carbocycles. The van der Waals surface area contributed by atoms with Gasteiger partial charge in [0, 0.05) is 37.8 Å². The molecule has 0 bridgehead atoms. The van der Waals surface area contributed by atoms with Gasteiger partial charge in [-0.1, -0.05) is 19.3 Å². The fourth-order valence-electron chi connectivity index (χ4n) is 4.73. The van der Waals surface area contributed by atoms with E-state index in [1.54, 1.807) is 0 Å². The van der Waals surface area contributed by atoms with E-state index in [-0.39, 0.29) is 0 Å². The molecule has 21 heavy (non-hydrogen) atoms. The van der Waals surface area contributed by atoms with Crippen LogP contribution in [-0.2, 0) is 0 Å². The van der Waals surface area contributed by atoms with E-state index in [1.165, 1.54) is 64.5 Å². The number of rotatable bonds is 6. The monoisotopic (exact) mass is 294 g/mol. The molecule has 2 saturated carbocycles. The van der Waals surface area contributed by atoms with Crippen LogP contribution in [0.4, 0.5) is 0 Å². The maximum absolute atomic E-state index is 9.34. The molecule has 0 amide bonds. The first-order valence-electron chi connectivity index (χ1n) is 9.37. The van der Waals surface area contributed by atoms with Crippen LogP contribution in [-0.4, -0.2) is 47.8 Å². The van der Waals surface area contributed by atoms with Gasteiger partial charge in [0.15, 0.2) is 0 Å². The second kappa shape index (κ2) is 7.43. The highest BCUT2D eigenvalue weighted by molar-refractivity contribution is 4.91. The Bertz CT molecular complexity index is 312. The average Bonchev–Trinajstić information content (AvgIpc) is 2.89. The molecular weight excluding hydrogens is 260 g/mol. The SMILES string of the molecule is CC(C1CCC1)N1CC(CCO)CC(NC2CCCC2)C1. The summed E-state index contributed by atoms with van der Waals surface area (Å²) in [6, 6.07) is 2.16. The first-order chi connectivity index (χ1) is 10.3.